The second kappa shape index (κ2) is 5.04. The fourth-order valence-electron chi connectivity index (χ4n) is 1.01. The van der Waals surface area contributed by atoms with Crippen LogP contribution < -0.4 is 10.2 Å². The molecule has 0 saturated carbocycles. The fourth-order valence-corrected chi connectivity index (χ4v) is 1.17. The van der Waals surface area contributed by atoms with Gasteiger partial charge in [0.25, 0.3) is 0 Å². The van der Waals surface area contributed by atoms with E-state index in [2.05, 4.69) is 48.0 Å². The van der Waals surface area contributed by atoms with Crippen molar-refractivity contribution in [3.8, 4) is 0 Å². The lowest BCUT2D eigenvalue weighted by Crippen LogP contribution is -2.32. The number of hydrogen-bond donors (Lipinski definition) is 1. The fraction of sp³-hybridized carbons (Fsp3) is 0.727. The molecule has 5 nitrogen and oxygen atoms in total. The van der Waals surface area contributed by atoms with Crippen LogP contribution in [0.3, 0.4) is 0 Å². The van der Waals surface area contributed by atoms with E-state index in [0.717, 1.165) is 0 Å². The minimum atomic E-state index is 0.122. The molecule has 0 aliphatic heterocycles. The first kappa shape index (κ1) is 14.0. The van der Waals surface area contributed by atoms with Crippen LogP contribution in [0.2, 0.25) is 5.28 Å². The topological polar surface area (TPSA) is 53.9 Å². The third-order valence-electron chi connectivity index (χ3n) is 2.64. The van der Waals surface area contributed by atoms with Crippen molar-refractivity contribution in [2.75, 3.05) is 24.3 Å². The van der Waals surface area contributed by atoms with Crippen molar-refractivity contribution in [3.63, 3.8) is 0 Å². The van der Waals surface area contributed by atoms with E-state index in [1.807, 2.05) is 14.1 Å². The Balaban J connectivity index is 2.92. The Bertz CT molecular complexity index is 386. The predicted octanol–water partition coefficient (Wildman–Crippen LogP) is 2.44. The minimum absolute atomic E-state index is 0.122. The van der Waals surface area contributed by atoms with Crippen LogP contribution in [0.15, 0.2) is 0 Å². The van der Waals surface area contributed by atoms with Crippen LogP contribution in [-0.4, -0.2) is 35.1 Å². The number of hydrogen-bond acceptors (Lipinski definition) is 5. The first-order chi connectivity index (χ1) is 7.70. The van der Waals surface area contributed by atoms with Crippen molar-refractivity contribution < 1.29 is 0 Å². The van der Waals surface area contributed by atoms with Crippen molar-refractivity contribution >= 4 is 23.5 Å². The Kier molecular flexibility index (Phi) is 4.14. The molecule has 1 heterocycles. The summed E-state index contributed by atoms with van der Waals surface area (Å²) in [5.41, 5.74) is 0.122. The average molecular weight is 258 g/mol. The SMILES string of the molecule is CC(Nc1nc(Cl)nc(N(C)C)n1)C(C)(C)C. The maximum absolute atomic E-state index is 5.86. The summed E-state index contributed by atoms with van der Waals surface area (Å²) in [6, 6.07) is 0.232. The van der Waals surface area contributed by atoms with E-state index in [1.54, 1.807) is 4.90 Å². The van der Waals surface area contributed by atoms with Crippen molar-refractivity contribution in [3.05, 3.63) is 5.28 Å². The molecule has 1 unspecified atom stereocenters. The largest absolute Gasteiger partial charge is 0.351 e. The van der Waals surface area contributed by atoms with Gasteiger partial charge < -0.3 is 10.2 Å². The molecule has 0 aliphatic carbocycles. The summed E-state index contributed by atoms with van der Waals surface area (Å²) in [5.74, 6) is 1.06. The molecule has 0 bridgehead atoms. The average Bonchev–Trinajstić information content (AvgIpc) is 2.14. The van der Waals surface area contributed by atoms with Crippen LogP contribution in [0, 0.1) is 5.41 Å². The molecule has 0 aliphatic rings. The number of nitrogens with one attached hydrogen (secondary N) is 1. The van der Waals surface area contributed by atoms with Gasteiger partial charge in [-0.15, -0.1) is 0 Å². The van der Waals surface area contributed by atoms with E-state index in [1.165, 1.54) is 0 Å². The summed E-state index contributed by atoms with van der Waals surface area (Å²) >= 11 is 5.86. The van der Waals surface area contributed by atoms with E-state index < -0.39 is 0 Å². The van der Waals surface area contributed by atoms with E-state index in [9.17, 15) is 0 Å². The monoisotopic (exact) mass is 257 g/mol. The zero-order valence-corrected chi connectivity index (χ0v) is 12.0. The second-order valence-corrected chi connectivity index (χ2v) is 5.69. The molecule has 0 radical (unpaired) electrons. The quantitative estimate of drug-likeness (QED) is 0.901. The van der Waals surface area contributed by atoms with Gasteiger partial charge in [-0.3, -0.25) is 0 Å². The highest BCUT2D eigenvalue weighted by Gasteiger charge is 2.21. The lowest BCUT2D eigenvalue weighted by Gasteiger charge is -2.28. The molecule has 0 amide bonds. The Morgan fingerprint density at radius 1 is 1.18 bits per heavy atom. The van der Waals surface area contributed by atoms with Gasteiger partial charge in [0, 0.05) is 20.1 Å². The van der Waals surface area contributed by atoms with E-state index >= 15 is 0 Å². The zero-order chi connectivity index (χ0) is 13.2. The highest BCUT2D eigenvalue weighted by Crippen LogP contribution is 2.22. The molecule has 1 atom stereocenters. The molecule has 0 aromatic carbocycles. The number of nitrogens with zero attached hydrogens (tertiary/aromatic N) is 4. The molecular formula is C11H20ClN5. The summed E-state index contributed by atoms with van der Waals surface area (Å²) in [6.45, 7) is 8.55. The zero-order valence-electron chi connectivity index (χ0n) is 11.2. The van der Waals surface area contributed by atoms with Crippen LogP contribution in [0.5, 0.6) is 0 Å². The summed E-state index contributed by atoms with van der Waals surface area (Å²) in [5, 5.41) is 3.45. The summed E-state index contributed by atoms with van der Waals surface area (Å²) < 4.78 is 0. The smallest absolute Gasteiger partial charge is 0.230 e. The van der Waals surface area contributed by atoms with E-state index in [-0.39, 0.29) is 16.7 Å². The Labute approximate surface area is 108 Å². The van der Waals surface area contributed by atoms with Crippen molar-refractivity contribution in [2.24, 2.45) is 5.41 Å². The molecule has 1 aromatic heterocycles. The van der Waals surface area contributed by atoms with Crippen LogP contribution in [0.1, 0.15) is 27.7 Å². The van der Waals surface area contributed by atoms with Gasteiger partial charge >= 0.3 is 0 Å². The van der Waals surface area contributed by atoms with Gasteiger partial charge in [0.15, 0.2) is 0 Å². The lowest BCUT2D eigenvalue weighted by molar-refractivity contribution is 0.358. The Hall–Kier alpha value is -1.10. The maximum Gasteiger partial charge on any atom is 0.230 e. The predicted molar refractivity (Wildman–Crippen MR) is 71.7 cm³/mol. The first-order valence-corrected chi connectivity index (χ1v) is 5.93. The molecule has 1 N–H and O–H groups in total. The van der Waals surface area contributed by atoms with Gasteiger partial charge in [0.2, 0.25) is 17.2 Å². The molecule has 0 fully saturated rings. The molecule has 17 heavy (non-hydrogen) atoms. The molecule has 0 spiro atoms. The summed E-state index contributed by atoms with van der Waals surface area (Å²) in [6.07, 6.45) is 0. The number of rotatable bonds is 3. The number of halogens is 1. The summed E-state index contributed by atoms with van der Waals surface area (Å²) in [4.78, 5) is 14.2. The van der Waals surface area contributed by atoms with Gasteiger partial charge in [-0.2, -0.15) is 15.0 Å². The molecule has 0 saturated heterocycles. The van der Waals surface area contributed by atoms with Gasteiger partial charge in [0.05, 0.1) is 0 Å². The molecular weight excluding hydrogens is 238 g/mol. The third kappa shape index (κ3) is 4.00. The van der Waals surface area contributed by atoms with Gasteiger partial charge in [-0.25, -0.2) is 0 Å². The number of anilines is 2. The van der Waals surface area contributed by atoms with Crippen LogP contribution >= 0.6 is 11.6 Å². The minimum Gasteiger partial charge on any atom is -0.351 e. The highest BCUT2D eigenvalue weighted by atomic mass is 35.5. The van der Waals surface area contributed by atoms with Crippen LogP contribution in [-0.2, 0) is 0 Å². The molecule has 1 rings (SSSR count). The highest BCUT2D eigenvalue weighted by molar-refractivity contribution is 6.28. The van der Waals surface area contributed by atoms with Crippen LogP contribution in [0.4, 0.5) is 11.9 Å². The Morgan fingerprint density at radius 3 is 2.24 bits per heavy atom. The molecule has 1 aromatic rings. The molecule has 96 valence electrons. The van der Waals surface area contributed by atoms with Gasteiger partial charge in [0.1, 0.15) is 0 Å². The first-order valence-electron chi connectivity index (χ1n) is 5.55. The van der Waals surface area contributed by atoms with Crippen molar-refractivity contribution in [1.29, 1.82) is 0 Å². The van der Waals surface area contributed by atoms with Crippen LogP contribution in [0.25, 0.3) is 0 Å². The third-order valence-corrected chi connectivity index (χ3v) is 2.81. The van der Waals surface area contributed by atoms with E-state index in [0.29, 0.717) is 11.9 Å². The van der Waals surface area contributed by atoms with Crippen molar-refractivity contribution in [2.45, 2.75) is 33.7 Å². The lowest BCUT2D eigenvalue weighted by atomic mass is 9.88. The van der Waals surface area contributed by atoms with Gasteiger partial charge in [-0.1, -0.05) is 20.8 Å². The normalized spacial score (nSPS) is 13.4. The van der Waals surface area contributed by atoms with Gasteiger partial charge in [-0.05, 0) is 23.9 Å². The molecule has 6 heteroatoms. The summed E-state index contributed by atoms with van der Waals surface area (Å²) in [7, 11) is 3.73. The number of aromatic nitrogens is 3. The maximum atomic E-state index is 5.86. The standard InChI is InChI=1S/C11H20ClN5/c1-7(11(2,3)4)13-9-14-8(12)15-10(16-9)17(5)6/h7H,1-6H3,(H,13,14,15,16). The van der Waals surface area contributed by atoms with E-state index in [4.69, 9.17) is 11.6 Å². The van der Waals surface area contributed by atoms with Crippen molar-refractivity contribution in [1.82, 2.24) is 15.0 Å². The second-order valence-electron chi connectivity index (χ2n) is 5.35. The Morgan fingerprint density at radius 2 is 1.76 bits per heavy atom.